The standard InChI is InChI=1S/C20H28N2O4/c1-13-8-7-11-17(14(13)2)22-19(24)15(3)26-18(23)12-21-20(25)16-9-5-4-6-10-16/h4-6,9-10,13-15,17H,7-8,11-12H2,1-3H3,(H,21,25)(H,22,24)/t13-,14+,15+,17+/m0/s1. The number of carbonyl (C=O) groups excluding carboxylic acids is 3. The molecule has 0 aromatic heterocycles. The van der Waals surface area contributed by atoms with Gasteiger partial charge in [-0.3, -0.25) is 14.4 Å². The van der Waals surface area contributed by atoms with Crippen molar-refractivity contribution in [2.75, 3.05) is 6.54 Å². The fourth-order valence-corrected chi connectivity index (χ4v) is 3.22. The van der Waals surface area contributed by atoms with E-state index in [0.29, 0.717) is 17.4 Å². The Kier molecular flexibility index (Phi) is 7.18. The van der Waals surface area contributed by atoms with E-state index in [1.165, 1.54) is 6.42 Å². The highest BCUT2D eigenvalue weighted by atomic mass is 16.5. The smallest absolute Gasteiger partial charge is 0.326 e. The van der Waals surface area contributed by atoms with Crippen molar-refractivity contribution in [1.29, 1.82) is 0 Å². The van der Waals surface area contributed by atoms with E-state index < -0.39 is 12.1 Å². The zero-order valence-electron chi connectivity index (χ0n) is 15.7. The average Bonchev–Trinajstić information content (AvgIpc) is 2.64. The Morgan fingerprint density at radius 2 is 1.85 bits per heavy atom. The summed E-state index contributed by atoms with van der Waals surface area (Å²) in [6.45, 7) is 5.61. The topological polar surface area (TPSA) is 84.5 Å². The molecule has 1 aliphatic rings. The van der Waals surface area contributed by atoms with Crippen LogP contribution in [0.25, 0.3) is 0 Å². The SMILES string of the molecule is C[C@@H]1[C@@H](C)CCC[C@H]1NC(=O)[C@@H](C)OC(=O)CNC(=O)c1ccccc1. The van der Waals surface area contributed by atoms with E-state index in [9.17, 15) is 14.4 Å². The monoisotopic (exact) mass is 360 g/mol. The number of benzene rings is 1. The second kappa shape index (κ2) is 9.36. The lowest BCUT2D eigenvalue weighted by atomic mass is 9.78. The van der Waals surface area contributed by atoms with Gasteiger partial charge in [0.1, 0.15) is 6.54 Å². The summed E-state index contributed by atoms with van der Waals surface area (Å²) in [6, 6.07) is 8.72. The van der Waals surface area contributed by atoms with E-state index in [1.54, 1.807) is 37.3 Å². The molecule has 0 saturated heterocycles. The number of rotatable bonds is 6. The maximum atomic E-state index is 12.3. The number of carbonyl (C=O) groups is 3. The summed E-state index contributed by atoms with van der Waals surface area (Å²) < 4.78 is 5.14. The van der Waals surface area contributed by atoms with Gasteiger partial charge in [-0.15, -0.1) is 0 Å². The van der Waals surface area contributed by atoms with E-state index in [4.69, 9.17) is 4.74 Å². The van der Waals surface area contributed by atoms with Crippen molar-refractivity contribution in [2.24, 2.45) is 11.8 Å². The van der Waals surface area contributed by atoms with Crippen LogP contribution in [0.4, 0.5) is 0 Å². The molecular weight excluding hydrogens is 332 g/mol. The Morgan fingerprint density at radius 3 is 2.54 bits per heavy atom. The molecule has 0 unspecified atom stereocenters. The second-order valence-electron chi connectivity index (χ2n) is 7.06. The number of ether oxygens (including phenoxy) is 1. The van der Waals surface area contributed by atoms with Gasteiger partial charge in [0.2, 0.25) is 0 Å². The van der Waals surface area contributed by atoms with Crippen molar-refractivity contribution < 1.29 is 19.1 Å². The van der Waals surface area contributed by atoms with Gasteiger partial charge in [0.15, 0.2) is 6.10 Å². The molecule has 1 fully saturated rings. The van der Waals surface area contributed by atoms with Gasteiger partial charge in [-0.25, -0.2) is 0 Å². The van der Waals surface area contributed by atoms with E-state index in [1.807, 2.05) is 0 Å². The molecule has 2 rings (SSSR count). The normalized spacial score (nSPS) is 23.6. The summed E-state index contributed by atoms with van der Waals surface area (Å²) in [6.07, 6.45) is 2.33. The molecule has 0 radical (unpaired) electrons. The summed E-state index contributed by atoms with van der Waals surface area (Å²) in [5, 5.41) is 5.48. The average molecular weight is 360 g/mol. The molecule has 2 N–H and O–H groups in total. The third-order valence-corrected chi connectivity index (χ3v) is 5.14. The molecule has 1 saturated carbocycles. The van der Waals surface area contributed by atoms with Crippen LogP contribution in [0.3, 0.4) is 0 Å². The predicted molar refractivity (Wildman–Crippen MR) is 98.4 cm³/mol. The molecule has 1 aromatic carbocycles. The molecular formula is C20H28N2O4. The highest BCUT2D eigenvalue weighted by Gasteiger charge is 2.30. The lowest BCUT2D eigenvalue weighted by Crippen LogP contribution is -2.48. The summed E-state index contributed by atoms with van der Waals surface area (Å²) in [4.78, 5) is 36.1. The molecule has 0 aliphatic heterocycles. The molecule has 4 atom stereocenters. The van der Waals surface area contributed by atoms with Crippen LogP contribution in [0.1, 0.15) is 50.4 Å². The van der Waals surface area contributed by atoms with Crippen molar-refractivity contribution in [2.45, 2.75) is 52.2 Å². The van der Waals surface area contributed by atoms with Crippen molar-refractivity contribution in [3.63, 3.8) is 0 Å². The molecule has 0 bridgehead atoms. The molecule has 142 valence electrons. The molecule has 1 aliphatic carbocycles. The van der Waals surface area contributed by atoms with Crippen molar-refractivity contribution in [3.05, 3.63) is 35.9 Å². The number of hydrogen-bond donors (Lipinski definition) is 2. The molecule has 6 nitrogen and oxygen atoms in total. The molecule has 6 heteroatoms. The molecule has 0 spiro atoms. The Hall–Kier alpha value is -2.37. The Balaban J connectivity index is 1.75. The first kappa shape index (κ1) is 19.9. The van der Waals surface area contributed by atoms with Gasteiger partial charge < -0.3 is 15.4 Å². The van der Waals surface area contributed by atoms with Gasteiger partial charge in [0.25, 0.3) is 11.8 Å². The maximum Gasteiger partial charge on any atom is 0.326 e. The van der Waals surface area contributed by atoms with Crippen LogP contribution >= 0.6 is 0 Å². The van der Waals surface area contributed by atoms with Crippen molar-refractivity contribution in [1.82, 2.24) is 10.6 Å². The minimum Gasteiger partial charge on any atom is -0.451 e. The molecule has 1 aromatic rings. The molecule has 2 amide bonds. The fourth-order valence-electron chi connectivity index (χ4n) is 3.22. The second-order valence-corrected chi connectivity index (χ2v) is 7.06. The number of esters is 1. The van der Waals surface area contributed by atoms with Crippen LogP contribution in [-0.2, 0) is 14.3 Å². The zero-order chi connectivity index (χ0) is 19.1. The van der Waals surface area contributed by atoms with Crippen LogP contribution in [0, 0.1) is 11.8 Å². The fraction of sp³-hybridized carbons (Fsp3) is 0.550. The van der Waals surface area contributed by atoms with E-state index in [-0.39, 0.29) is 24.4 Å². The lowest BCUT2D eigenvalue weighted by Gasteiger charge is -2.35. The number of hydrogen-bond acceptors (Lipinski definition) is 4. The summed E-state index contributed by atoms with van der Waals surface area (Å²) in [5.41, 5.74) is 0.464. The summed E-state index contributed by atoms with van der Waals surface area (Å²) in [5.74, 6) is -0.314. The van der Waals surface area contributed by atoms with Gasteiger partial charge in [-0.05, 0) is 37.3 Å². The number of nitrogens with one attached hydrogen (secondary N) is 2. The Labute approximate surface area is 154 Å². The lowest BCUT2D eigenvalue weighted by molar-refractivity contribution is -0.154. The third kappa shape index (κ3) is 5.58. The van der Waals surface area contributed by atoms with E-state index in [0.717, 1.165) is 12.8 Å². The van der Waals surface area contributed by atoms with Crippen molar-refractivity contribution in [3.8, 4) is 0 Å². The first-order chi connectivity index (χ1) is 12.4. The highest BCUT2D eigenvalue weighted by Crippen LogP contribution is 2.29. The molecule has 26 heavy (non-hydrogen) atoms. The Morgan fingerprint density at radius 1 is 1.15 bits per heavy atom. The minimum atomic E-state index is -0.888. The van der Waals surface area contributed by atoms with Gasteiger partial charge in [-0.2, -0.15) is 0 Å². The van der Waals surface area contributed by atoms with Crippen LogP contribution in [0.2, 0.25) is 0 Å². The van der Waals surface area contributed by atoms with Crippen LogP contribution in [-0.4, -0.2) is 36.5 Å². The quantitative estimate of drug-likeness (QED) is 0.763. The van der Waals surface area contributed by atoms with Gasteiger partial charge in [-0.1, -0.05) is 44.9 Å². The number of amides is 2. The summed E-state index contributed by atoms with van der Waals surface area (Å²) in [7, 11) is 0. The zero-order valence-corrected chi connectivity index (χ0v) is 15.7. The van der Waals surface area contributed by atoms with Crippen molar-refractivity contribution >= 4 is 17.8 Å². The van der Waals surface area contributed by atoms with Gasteiger partial charge >= 0.3 is 5.97 Å². The van der Waals surface area contributed by atoms with E-state index >= 15 is 0 Å². The first-order valence-corrected chi connectivity index (χ1v) is 9.21. The highest BCUT2D eigenvalue weighted by molar-refractivity contribution is 5.96. The Bertz CT molecular complexity index is 632. The van der Waals surface area contributed by atoms with Crippen LogP contribution in [0.5, 0.6) is 0 Å². The summed E-state index contributed by atoms with van der Waals surface area (Å²) >= 11 is 0. The molecule has 0 heterocycles. The van der Waals surface area contributed by atoms with Gasteiger partial charge in [0, 0.05) is 11.6 Å². The van der Waals surface area contributed by atoms with E-state index in [2.05, 4.69) is 24.5 Å². The van der Waals surface area contributed by atoms with Crippen LogP contribution < -0.4 is 10.6 Å². The maximum absolute atomic E-state index is 12.3. The largest absolute Gasteiger partial charge is 0.451 e. The predicted octanol–water partition coefficient (Wildman–Crippen LogP) is 2.29. The van der Waals surface area contributed by atoms with Crippen LogP contribution in [0.15, 0.2) is 30.3 Å². The minimum absolute atomic E-state index is 0.116. The third-order valence-electron chi connectivity index (χ3n) is 5.14. The van der Waals surface area contributed by atoms with Gasteiger partial charge in [0.05, 0.1) is 0 Å². The first-order valence-electron chi connectivity index (χ1n) is 9.21.